The molecule has 1 aromatic rings. The lowest BCUT2D eigenvalue weighted by atomic mass is 9.75. The van der Waals surface area contributed by atoms with E-state index in [0.29, 0.717) is 35.1 Å². The number of allylic oxidation sites excluding steroid dienone is 4. The molecule has 0 unspecified atom stereocenters. The van der Waals surface area contributed by atoms with Gasteiger partial charge in [0.15, 0.2) is 11.6 Å². The minimum absolute atomic E-state index is 0.0459. The standard InChI is InChI=1S/C18H18O2/c1-9-5-13-14(6-10(9)2)18(20)16-8-12(4)11(3)7-15(16)17(13)19/h5-6H,7-8H2,1-4H3. The lowest BCUT2D eigenvalue weighted by Gasteiger charge is -2.26. The summed E-state index contributed by atoms with van der Waals surface area (Å²) >= 11 is 0. The molecular formula is C18H18O2. The van der Waals surface area contributed by atoms with Crippen molar-refractivity contribution < 1.29 is 9.59 Å². The summed E-state index contributed by atoms with van der Waals surface area (Å²) in [5.41, 5.74) is 7.17. The number of aryl methyl sites for hydroxylation is 2. The molecule has 0 spiro atoms. The van der Waals surface area contributed by atoms with Crippen LogP contribution in [-0.4, -0.2) is 11.6 Å². The fourth-order valence-electron chi connectivity index (χ4n) is 3.00. The van der Waals surface area contributed by atoms with E-state index in [-0.39, 0.29) is 11.6 Å². The molecule has 0 fully saturated rings. The molecule has 0 aliphatic heterocycles. The molecule has 2 nitrogen and oxygen atoms in total. The van der Waals surface area contributed by atoms with Gasteiger partial charge in [-0.3, -0.25) is 9.59 Å². The van der Waals surface area contributed by atoms with Gasteiger partial charge in [0.05, 0.1) is 0 Å². The van der Waals surface area contributed by atoms with Crippen LogP contribution in [0.3, 0.4) is 0 Å². The van der Waals surface area contributed by atoms with Gasteiger partial charge in [-0.05, 0) is 63.8 Å². The monoisotopic (exact) mass is 266 g/mol. The molecule has 0 atom stereocenters. The summed E-state index contributed by atoms with van der Waals surface area (Å²) in [5.74, 6) is 0.0918. The third-order valence-electron chi connectivity index (χ3n) is 4.65. The molecule has 0 radical (unpaired) electrons. The van der Waals surface area contributed by atoms with Crippen molar-refractivity contribution in [3.63, 3.8) is 0 Å². The molecule has 102 valence electrons. The Morgan fingerprint density at radius 2 is 1.05 bits per heavy atom. The lowest BCUT2D eigenvalue weighted by molar-refractivity contribution is 0.0969. The Bertz CT molecular complexity index is 669. The van der Waals surface area contributed by atoms with Crippen molar-refractivity contribution in [3.05, 3.63) is 56.7 Å². The van der Waals surface area contributed by atoms with Crippen molar-refractivity contribution in [2.75, 3.05) is 0 Å². The topological polar surface area (TPSA) is 34.1 Å². The first-order valence-electron chi connectivity index (χ1n) is 6.98. The molecule has 0 N–H and O–H groups in total. The van der Waals surface area contributed by atoms with Gasteiger partial charge in [-0.1, -0.05) is 11.1 Å². The van der Waals surface area contributed by atoms with Crippen LogP contribution in [-0.2, 0) is 0 Å². The van der Waals surface area contributed by atoms with E-state index in [2.05, 4.69) is 0 Å². The predicted molar refractivity (Wildman–Crippen MR) is 79.2 cm³/mol. The first-order chi connectivity index (χ1) is 9.40. The Balaban J connectivity index is 2.19. The highest BCUT2D eigenvalue weighted by Crippen LogP contribution is 2.38. The zero-order valence-corrected chi connectivity index (χ0v) is 12.4. The Morgan fingerprint density at radius 3 is 1.40 bits per heavy atom. The van der Waals surface area contributed by atoms with Gasteiger partial charge in [0.25, 0.3) is 0 Å². The van der Waals surface area contributed by atoms with Crippen LogP contribution in [0, 0.1) is 13.8 Å². The molecule has 2 aliphatic carbocycles. The van der Waals surface area contributed by atoms with E-state index in [9.17, 15) is 9.59 Å². The van der Waals surface area contributed by atoms with Crippen LogP contribution in [0.15, 0.2) is 34.4 Å². The number of carbonyl (C=O) groups is 2. The Labute approximate surface area is 119 Å². The molecular weight excluding hydrogens is 248 g/mol. The maximum absolute atomic E-state index is 12.7. The zero-order valence-electron chi connectivity index (χ0n) is 12.4. The van der Waals surface area contributed by atoms with Gasteiger partial charge in [0, 0.05) is 22.3 Å². The van der Waals surface area contributed by atoms with Gasteiger partial charge in [-0.2, -0.15) is 0 Å². The highest BCUT2D eigenvalue weighted by Gasteiger charge is 2.34. The lowest BCUT2D eigenvalue weighted by Crippen LogP contribution is -2.25. The second-order valence-corrected chi connectivity index (χ2v) is 6.01. The fraction of sp³-hybridized carbons (Fsp3) is 0.333. The quantitative estimate of drug-likeness (QED) is 0.662. The van der Waals surface area contributed by atoms with Crippen molar-refractivity contribution in [2.24, 2.45) is 0 Å². The van der Waals surface area contributed by atoms with Crippen molar-refractivity contribution in [1.82, 2.24) is 0 Å². The van der Waals surface area contributed by atoms with E-state index in [1.54, 1.807) is 0 Å². The average molecular weight is 266 g/mol. The van der Waals surface area contributed by atoms with Gasteiger partial charge < -0.3 is 0 Å². The minimum Gasteiger partial charge on any atom is -0.289 e. The summed E-state index contributed by atoms with van der Waals surface area (Å²) in [6, 6.07) is 3.74. The second-order valence-electron chi connectivity index (χ2n) is 6.01. The summed E-state index contributed by atoms with van der Waals surface area (Å²) in [6.45, 7) is 8.06. The summed E-state index contributed by atoms with van der Waals surface area (Å²) in [6.07, 6.45) is 1.25. The van der Waals surface area contributed by atoms with E-state index < -0.39 is 0 Å². The van der Waals surface area contributed by atoms with Gasteiger partial charge in [-0.15, -0.1) is 0 Å². The Morgan fingerprint density at radius 1 is 0.700 bits per heavy atom. The maximum atomic E-state index is 12.7. The number of Topliss-reactive ketones (excluding diaryl/α,β-unsaturated/α-hetero) is 2. The molecule has 0 heterocycles. The number of hydrogen-bond donors (Lipinski definition) is 0. The molecule has 2 heteroatoms. The van der Waals surface area contributed by atoms with Crippen LogP contribution in [0.25, 0.3) is 0 Å². The normalized spacial score (nSPS) is 18.4. The minimum atomic E-state index is 0.0459. The van der Waals surface area contributed by atoms with Gasteiger partial charge in [0.1, 0.15) is 0 Å². The van der Waals surface area contributed by atoms with Gasteiger partial charge >= 0.3 is 0 Å². The van der Waals surface area contributed by atoms with Gasteiger partial charge in [0.2, 0.25) is 0 Å². The first-order valence-corrected chi connectivity index (χ1v) is 6.98. The molecule has 0 saturated carbocycles. The SMILES string of the molecule is CC1=C(C)CC2=C(C1)C(=O)c1cc(C)c(C)cc1C2=O. The maximum Gasteiger partial charge on any atom is 0.190 e. The van der Waals surface area contributed by atoms with E-state index in [4.69, 9.17) is 0 Å². The van der Waals surface area contributed by atoms with Crippen LogP contribution < -0.4 is 0 Å². The number of benzene rings is 1. The number of carbonyl (C=O) groups excluding carboxylic acids is 2. The van der Waals surface area contributed by atoms with E-state index in [1.807, 2.05) is 39.8 Å². The van der Waals surface area contributed by atoms with Gasteiger partial charge in [-0.25, -0.2) is 0 Å². The Kier molecular flexibility index (Phi) is 2.79. The highest BCUT2D eigenvalue weighted by atomic mass is 16.1. The number of hydrogen-bond acceptors (Lipinski definition) is 2. The van der Waals surface area contributed by atoms with Crippen LogP contribution in [0.4, 0.5) is 0 Å². The number of fused-ring (bicyclic) bond motifs is 1. The van der Waals surface area contributed by atoms with Crippen molar-refractivity contribution in [3.8, 4) is 0 Å². The third-order valence-corrected chi connectivity index (χ3v) is 4.65. The predicted octanol–water partition coefficient (Wildman–Crippen LogP) is 4.11. The van der Waals surface area contributed by atoms with E-state index >= 15 is 0 Å². The van der Waals surface area contributed by atoms with Crippen molar-refractivity contribution in [1.29, 1.82) is 0 Å². The van der Waals surface area contributed by atoms with Crippen LogP contribution in [0.2, 0.25) is 0 Å². The summed E-state index contributed by atoms with van der Waals surface area (Å²) in [5, 5.41) is 0. The smallest absolute Gasteiger partial charge is 0.190 e. The summed E-state index contributed by atoms with van der Waals surface area (Å²) < 4.78 is 0. The average Bonchev–Trinajstić information content (AvgIpc) is 2.41. The van der Waals surface area contributed by atoms with E-state index in [0.717, 1.165) is 11.1 Å². The second kappa shape index (κ2) is 4.27. The molecule has 2 aliphatic rings. The molecule has 20 heavy (non-hydrogen) atoms. The first kappa shape index (κ1) is 13.0. The fourth-order valence-corrected chi connectivity index (χ4v) is 3.00. The molecule has 0 bridgehead atoms. The molecule has 0 aromatic heterocycles. The van der Waals surface area contributed by atoms with Crippen LogP contribution >= 0.6 is 0 Å². The molecule has 0 saturated heterocycles. The van der Waals surface area contributed by atoms with Crippen molar-refractivity contribution in [2.45, 2.75) is 40.5 Å². The summed E-state index contributed by atoms with van der Waals surface area (Å²) in [7, 11) is 0. The molecule has 1 aromatic carbocycles. The molecule has 0 amide bonds. The van der Waals surface area contributed by atoms with Crippen molar-refractivity contribution >= 4 is 11.6 Å². The Hall–Kier alpha value is -1.96. The number of rotatable bonds is 0. The molecule has 3 rings (SSSR count). The van der Waals surface area contributed by atoms with Crippen LogP contribution in [0.5, 0.6) is 0 Å². The van der Waals surface area contributed by atoms with E-state index in [1.165, 1.54) is 11.1 Å². The third kappa shape index (κ3) is 1.71. The number of ketones is 2. The highest BCUT2D eigenvalue weighted by molar-refractivity contribution is 6.27. The largest absolute Gasteiger partial charge is 0.289 e. The summed E-state index contributed by atoms with van der Waals surface area (Å²) in [4.78, 5) is 25.4. The van der Waals surface area contributed by atoms with Crippen LogP contribution in [0.1, 0.15) is 58.5 Å². The zero-order chi connectivity index (χ0) is 14.6.